The van der Waals surface area contributed by atoms with E-state index in [1.165, 1.54) is 0 Å². The minimum Gasteiger partial charge on any atom is -0.347 e. The van der Waals surface area contributed by atoms with Crippen LogP contribution < -0.4 is 10.6 Å². The summed E-state index contributed by atoms with van der Waals surface area (Å²) in [5, 5.41) is 9.53. The molecule has 4 rings (SSSR count). The van der Waals surface area contributed by atoms with Crippen molar-refractivity contribution in [2.24, 2.45) is 7.05 Å². The number of hydrogen-bond donors (Lipinski definition) is 2. The summed E-state index contributed by atoms with van der Waals surface area (Å²) in [5.41, 5.74) is 2.96. The average molecular weight is 362 g/mol. The minimum atomic E-state index is -0.392. The number of carbonyl (C=O) groups excluding carboxylic acids is 2. The molecule has 0 radical (unpaired) electrons. The van der Waals surface area contributed by atoms with Crippen LogP contribution in [-0.4, -0.2) is 37.5 Å². The van der Waals surface area contributed by atoms with E-state index in [1.54, 1.807) is 16.8 Å². The minimum absolute atomic E-state index is 0.128. The first-order chi connectivity index (χ1) is 13.1. The number of rotatable bonds is 5. The number of nitrogens with zero attached hydrogens (tertiary/aromatic N) is 4. The third kappa shape index (κ3) is 3.37. The number of amides is 2. The van der Waals surface area contributed by atoms with Gasteiger partial charge in [-0.15, -0.1) is 0 Å². The van der Waals surface area contributed by atoms with E-state index in [9.17, 15) is 9.59 Å². The van der Waals surface area contributed by atoms with Crippen LogP contribution in [-0.2, 0) is 18.4 Å². The van der Waals surface area contributed by atoms with Crippen molar-refractivity contribution in [2.45, 2.75) is 6.54 Å². The maximum absolute atomic E-state index is 12.2. The van der Waals surface area contributed by atoms with Gasteiger partial charge < -0.3 is 15.2 Å². The fourth-order valence-corrected chi connectivity index (χ4v) is 2.89. The van der Waals surface area contributed by atoms with Gasteiger partial charge in [0.2, 0.25) is 5.91 Å². The molecule has 27 heavy (non-hydrogen) atoms. The molecule has 8 heteroatoms. The number of carbonyl (C=O) groups is 2. The number of benzene rings is 1. The van der Waals surface area contributed by atoms with Crippen molar-refractivity contribution in [3.8, 4) is 0 Å². The molecule has 0 atom stereocenters. The zero-order chi connectivity index (χ0) is 18.8. The van der Waals surface area contributed by atoms with Gasteiger partial charge in [0.25, 0.3) is 5.91 Å². The third-order valence-electron chi connectivity index (χ3n) is 4.34. The van der Waals surface area contributed by atoms with E-state index in [2.05, 4.69) is 20.7 Å². The fraction of sp³-hybridized carbons (Fsp3) is 0.158. The highest BCUT2D eigenvalue weighted by Gasteiger charge is 2.13. The molecule has 0 fully saturated rings. The molecule has 3 heterocycles. The summed E-state index contributed by atoms with van der Waals surface area (Å²) >= 11 is 0. The number of hydrogen-bond acceptors (Lipinski definition) is 4. The molecule has 2 amide bonds. The van der Waals surface area contributed by atoms with Gasteiger partial charge in [-0.1, -0.05) is 18.2 Å². The van der Waals surface area contributed by atoms with Crippen molar-refractivity contribution in [3.63, 3.8) is 0 Å². The molecule has 8 nitrogen and oxygen atoms in total. The Hall–Kier alpha value is -3.68. The fourth-order valence-electron chi connectivity index (χ4n) is 2.89. The van der Waals surface area contributed by atoms with E-state index in [0.717, 1.165) is 22.4 Å². The standard InChI is InChI=1S/C19H18N6O2/c1-24-16-8-3-2-7-14(16)22-17(24)11-20-18(26)12-21-19(27)15-10-13-6-4-5-9-25(13)23-15/h2-10H,11-12H2,1H3,(H,20,26)(H,21,27). The molecule has 0 aliphatic heterocycles. The van der Waals surface area contributed by atoms with Crippen molar-refractivity contribution in [1.29, 1.82) is 0 Å². The first-order valence-corrected chi connectivity index (χ1v) is 8.51. The molecule has 0 saturated heterocycles. The molecule has 136 valence electrons. The van der Waals surface area contributed by atoms with Crippen LogP contribution in [0.25, 0.3) is 16.6 Å². The number of aromatic nitrogens is 4. The van der Waals surface area contributed by atoms with Crippen LogP contribution >= 0.6 is 0 Å². The Morgan fingerprint density at radius 1 is 1.07 bits per heavy atom. The number of pyridine rings is 1. The van der Waals surface area contributed by atoms with E-state index in [4.69, 9.17) is 0 Å². The topological polar surface area (TPSA) is 93.3 Å². The van der Waals surface area contributed by atoms with E-state index in [1.807, 2.05) is 54.1 Å². The quantitative estimate of drug-likeness (QED) is 0.559. The Morgan fingerprint density at radius 2 is 1.89 bits per heavy atom. The Balaban J connectivity index is 1.33. The van der Waals surface area contributed by atoms with Crippen molar-refractivity contribution < 1.29 is 9.59 Å². The summed E-state index contributed by atoms with van der Waals surface area (Å²) in [6, 6.07) is 15.0. The van der Waals surface area contributed by atoms with Crippen LogP contribution in [0.4, 0.5) is 0 Å². The lowest BCUT2D eigenvalue weighted by atomic mass is 10.3. The van der Waals surface area contributed by atoms with Crippen LogP contribution in [0.15, 0.2) is 54.7 Å². The number of nitrogens with one attached hydrogen (secondary N) is 2. The molecule has 0 bridgehead atoms. The summed E-state index contributed by atoms with van der Waals surface area (Å²) in [6.45, 7) is 0.158. The van der Waals surface area contributed by atoms with Gasteiger partial charge in [-0.3, -0.25) is 9.59 Å². The monoisotopic (exact) mass is 362 g/mol. The SMILES string of the molecule is Cn1c(CNC(=O)CNC(=O)c2cc3ccccn3n2)nc2ccccc21. The van der Waals surface area contributed by atoms with Crippen LogP contribution in [0, 0.1) is 0 Å². The Morgan fingerprint density at radius 3 is 2.70 bits per heavy atom. The van der Waals surface area contributed by atoms with Crippen LogP contribution in [0.3, 0.4) is 0 Å². The second-order valence-electron chi connectivity index (χ2n) is 6.13. The molecule has 0 spiro atoms. The zero-order valence-corrected chi connectivity index (χ0v) is 14.7. The number of fused-ring (bicyclic) bond motifs is 2. The second kappa shape index (κ2) is 6.91. The van der Waals surface area contributed by atoms with Gasteiger partial charge in [0, 0.05) is 13.2 Å². The van der Waals surface area contributed by atoms with Gasteiger partial charge >= 0.3 is 0 Å². The second-order valence-corrected chi connectivity index (χ2v) is 6.13. The third-order valence-corrected chi connectivity index (χ3v) is 4.34. The van der Waals surface area contributed by atoms with Crippen molar-refractivity contribution in [2.75, 3.05) is 6.54 Å². The van der Waals surface area contributed by atoms with Crippen LogP contribution in [0.5, 0.6) is 0 Å². The Bertz CT molecular complexity index is 1110. The predicted octanol–water partition coefficient (Wildman–Crippen LogP) is 1.27. The highest BCUT2D eigenvalue weighted by atomic mass is 16.2. The van der Waals surface area contributed by atoms with E-state index >= 15 is 0 Å². The molecule has 2 N–H and O–H groups in total. The molecular formula is C19H18N6O2. The summed E-state index contributed by atoms with van der Waals surface area (Å²) in [7, 11) is 1.90. The predicted molar refractivity (Wildman–Crippen MR) is 100 cm³/mol. The maximum Gasteiger partial charge on any atom is 0.272 e. The number of aryl methyl sites for hydroxylation is 1. The molecule has 0 aliphatic rings. The van der Waals surface area contributed by atoms with E-state index < -0.39 is 5.91 Å². The lowest BCUT2D eigenvalue weighted by molar-refractivity contribution is -0.120. The first kappa shape index (κ1) is 16.8. The highest BCUT2D eigenvalue weighted by molar-refractivity contribution is 5.95. The lowest BCUT2D eigenvalue weighted by Gasteiger charge is -2.06. The maximum atomic E-state index is 12.2. The largest absolute Gasteiger partial charge is 0.347 e. The molecule has 3 aromatic heterocycles. The highest BCUT2D eigenvalue weighted by Crippen LogP contribution is 2.13. The molecule has 0 unspecified atom stereocenters. The number of para-hydroxylation sites is 2. The lowest BCUT2D eigenvalue weighted by Crippen LogP contribution is -2.37. The first-order valence-electron chi connectivity index (χ1n) is 8.51. The van der Waals surface area contributed by atoms with Crippen LogP contribution in [0.2, 0.25) is 0 Å². The molecule has 0 aliphatic carbocycles. The van der Waals surface area contributed by atoms with Gasteiger partial charge in [0.1, 0.15) is 5.82 Å². The molecule has 1 aromatic carbocycles. The summed E-state index contributed by atoms with van der Waals surface area (Å²) < 4.78 is 3.55. The molecule has 4 aromatic rings. The van der Waals surface area contributed by atoms with Gasteiger partial charge in [0.05, 0.1) is 29.6 Å². The van der Waals surface area contributed by atoms with Crippen molar-refractivity contribution in [3.05, 3.63) is 66.2 Å². The van der Waals surface area contributed by atoms with E-state index in [0.29, 0.717) is 0 Å². The van der Waals surface area contributed by atoms with Gasteiger partial charge in [-0.05, 0) is 30.3 Å². The van der Waals surface area contributed by atoms with Crippen LogP contribution in [0.1, 0.15) is 16.3 Å². The molecular weight excluding hydrogens is 344 g/mol. The van der Waals surface area contributed by atoms with Gasteiger partial charge in [0.15, 0.2) is 5.69 Å². The molecule has 0 saturated carbocycles. The summed E-state index contributed by atoms with van der Waals surface area (Å²) in [6.07, 6.45) is 1.76. The smallest absolute Gasteiger partial charge is 0.272 e. The summed E-state index contributed by atoms with van der Waals surface area (Å²) in [5.74, 6) is 0.0620. The average Bonchev–Trinajstić information content (AvgIpc) is 3.26. The zero-order valence-electron chi connectivity index (χ0n) is 14.7. The van der Waals surface area contributed by atoms with Crippen molar-refractivity contribution >= 4 is 28.4 Å². The summed E-state index contributed by atoms with van der Waals surface area (Å²) in [4.78, 5) is 28.7. The normalized spacial score (nSPS) is 11.0. The van der Waals surface area contributed by atoms with Gasteiger partial charge in [-0.25, -0.2) is 9.50 Å². The van der Waals surface area contributed by atoms with Crippen molar-refractivity contribution in [1.82, 2.24) is 29.8 Å². The Kier molecular flexibility index (Phi) is 4.29. The Labute approximate surface area is 154 Å². The van der Waals surface area contributed by atoms with Gasteiger partial charge in [-0.2, -0.15) is 5.10 Å². The number of imidazole rings is 1. The van der Waals surface area contributed by atoms with E-state index in [-0.39, 0.29) is 24.7 Å².